The molecule has 18 heavy (non-hydrogen) atoms. The van der Waals surface area contributed by atoms with Crippen LogP contribution in [0.25, 0.3) is 0 Å². The lowest BCUT2D eigenvalue weighted by Crippen LogP contribution is -2.37. The quantitative estimate of drug-likeness (QED) is 0.885. The van der Waals surface area contributed by atoms with E-state index in [0.717, 1.165) is 25.1 Å². The summed E-state index contributed by atoms with van der Waals surface area (Å²) < 4.78 is 5.29. The van der Waals surface area contributed by atoms with Crippen molar-refractivity contribution in [2.45, 2.75) is 38.3 Å². The maximum atomic E-state index is 9.50. The standard InChI is InChI=1S/C14H22N2O2/c1-18-14-12(6-5-8-15-14)10-16-9-4-2-3-7-13(16)11-17/h5-6,8,13,17H,2-4,7,9-11H2,1H3. The predicted octanol–water partition coefficient (Wildman–Crippen LogP) is 1.83. The lowest BCUT2D eigenvalue weighted by atomic mass is 10.1. The average Bonchev–Trinajstić information content (AvgIpc) is 2.64. The van der Waals surface area contributed by atoms with Crippen LogP contribution in [-0.2, 0) is 6.54 Å². The van der Waals surface area contributed by atoms with Gasteiger partial charge in [0.2, 0.25) is 5.88 Å². The van der Waals surface area contributed by atoms with Gasteiger partial charge >= 0.3 is 0 Å². The molecule has 1 unspecified atom stereocenters. The first-order valence-electron chi connectivity index (χ1n) is 6.68. The number of aliphatic hydroxyl groups excluding tert-OH is 1. The van der Waals surface area contributed by atoms with Crippen LogP contribution in [0, 0.1) is 0 Å². The molecule has 0 aliphatic carbocycles. The molecule has 0 radical (unpaired) electrons. The molecule has 1 saturated heterocycles. The minimum absolute atomic E-state index is 0.239. The number of pyridine rings is 1. The number of aliphatic hydroxyl groups is 1. The van der Waals surface area contributed by atoms with Crippen molar-refractivity contribution in [1.82, 2.24) is 9.88 Å². The SMILES string of the molecule is COc1ncccc1CN1CCCCCC1CO. The molecule has 4 nitrogen and oxygen atoms in total. The van der Waals surface area contributed by atoms with E-state index >= 15 is 0 Å². The molecule has 2 rings (SSSR count). The summed E-state index contributed by atoms with van der Waals surface area (Å²) in [7, 11) is 1.65. The monoisotopic (exact) mass is 250 g/mol. The van der Waals surface area contributed by atoms with Crippen LogP contribution in [0.3, 0.4) is 0 Å². The lowest BCUT2D eigenvalue weighted by molar-refractivity contribution is 0.117. The van der Waals surface area contributed by atoms with Gasteiger partial charge in [0.25, 0.3) is 0 Å². The molecule has 1 aliphatic heterocycles. The summed E-state index contributed by atoms with van der Waals surface area (Å²) in [5, 5.41) is 9.50. The Bertz CT molecular complexity index is 371. The molecule has 1 fully saturated rings. The van der Waals surface area contributed by atoms with E-state index in [1.54, 1.807) is 13.3 Å². The molecule has 100 valence electrons. The van der Waals surface area contributed by atoms with E-state index in [0.29, 0.717) is 5.88 Å². The van der Waals surface area contributed by atoms with Crippen molar-refractivity contribution in [2.24, 2.45) is 0 Å². The molecule has 0 amide bonds. The average molecular weight is 250 g/mol. The lowest BCUT2D eigenvalue weighted by Gasteiger charge is -2.28. The summed E-state index contributed by atoms with van der Waals surface area (Å²) >= 11 is 0. The molecular formula is C14H22N2O2. The normalized spacial score (nSPS) is 21.6. The fourth-order valence-corrected chi connectivity index (χ4v) is 2.60. The first kappa shape index (κ1) is 13.3. The van der Waals surface area contributed by atoms with Gasteiger partial charge in [-0.25, -0.2) is 4.98 Å². The minimum Gasteiger partial charge on any atom is -0.481 e. The van der Waals surface area contributed by atoms with E-state index in [2.05, 4.69) is 9.88 Å². The summed E-state index contributed by atoms with van der Waals surface area (Å²) in [4.78, 5) is 6.58. The zero-order chi connectivity index (χ0) is 12.8. The van der Waals surface area contributed by atoms with Crippen molar-refractivity contribution >= 4 is 0 Å². The van der Waals surface area contributed by atoms with Gasteiger partial charge in [0.1, 0.15) is 0 Å². The van der Waals surface area contributed by atoms with Crippen molar-refractivity contribution in [2.75, 3.05) is 20.3 Å². The van der Waals surface area contributed by atoms with Gasteiger partial charge in [-0.2, -0.15) is 0 Å². The van der Waals surface area contributed by atoms with E-state index < -0.39 is 0 Å². The Hall–Kier alpha value is -1.13. The van der Waals surface area contributed by atoms with E-state index in [1.165, 1.54) is 19.3 Å². The van der Waals surface area contributed by atoms with Crippen LogP contribution in [0.15, 0.2) is 18.3 Å². The Kier molecular flexibility index (Phi) is 4.96. The number of likely N-dealkylation sites (tertiary alicyclic amines) is 1. The van der Waals surface area contributed by atoms with Gasteiger partial charge < -0.3 is 9.84 Å². The van der Waals surface area contributed by atoms with Crippen LogP contribution in [0.4, 0.5) is 0 Å². The molecule has 1 aliphatic rings. The Morgan fingerprint density at radius 3 is 3.11 bits per heavy atom. The number of methoxy groups -OCH3 is 1. The molecule has 4 heteroatoms. The molecule has 1 atom stereocenters. The van der Waals surface area contributed by atoms with Gasteiger partial charge in [0, 0.05) is 24.3 Å². The highest BCUT2D eigenvalue weighted by Gasteiger charge is 2.21. The largest absolute Gasteiger partial charge is 0.481 e. The topological polar surface area (TPSA) is 45.6 Å². The van der Waals surface area contributed by atoms with Crippen LogP contribution >= 0.6 is 0 Å². The zero-order valence-corrected chi connectivity index (χ0v) is 11.0. The molecule has 0 spiro atoms. The highest BCUT2D eigenvalue weighted by atomic mass is 16.5. The summed E-state index contributed by atoms with van der Waals surface area (Å²) in [6.07, 6.45) is 6.51. The number of nitrogens with zero attached hydrogens (tertiary/aromatic N) is 2. The minimum atomic E-state index is 0.239. The Morgan fingerprint density at radius 2 is 2.33 bits per heavy atom. The summed E-state index contributed by atoms with van der Waals surface area (Å²) in [6.45, 7) is 2.09. The van der Waals surface area contributed by atoms with Gasteiger partial charge in [-0.15, -0.1) is 0 Å². The number of hydrogen-bond donors (Lipinski definition) is 1. The van der Waals surface area contributed by atoms with Crippen molar-refractivity contribution in [3.8, 4) is 5.88 Å². The Balaban J connectivity index is 2.10. The van der Waals surface area contributed by atoms with Crippen LogP contribution in [0.5, 0.6) is 5.88 Å². The van der Waals surface area contributed by atoms with Crippen LogP contribution in [0.2, 0.25) is 0 Å². The number of rotatable bonds is 4. The van der Waals surface area contributed by atoms with Gasteiger partial charge in [0.05, 0.1) is 13.7 Å². The van der Waals surface area contributed by atoms with Gasteiger partial charge in [-0.3, -0.25) is 4.90 Å². The van der Waals surface area contributed by atoms with Crippen LogP contribution < -0.4 is 4.74 Å². The molecule has 0 saturated carbocycles. The second kappa shape index (κ2) is 6.71. The van der Waals surface area contributed by atoms with Crippen molar-refractivity contribution in [1.29, 1.82) is 0 Å². The van der Waals surface area contributed by atoms with Gasteiger partial charge in [0.15, 0.2) is 0 Å². The predicted molar refractivity (Wildman–Crippen MR) is 70.5 cm³/mol. The third-order valence-corrected chi connectivity index (χ3v) is 3.63. The summed E-state index contributed by atoms with van der Waals surface area (Å²) in [5.74, 6) is 0.693. The van der Waals surface area contributed by atoms with E-state index in [-0.39, 0.29) is 12.6 Å². The van der Waals surface area contributed by atoms with E-state index in [9.17, 15) is 5.11 Å². The molecule has 0 aromatic carbocycles. The number of aromatic nitrogens is 1. The number of hydrogen-bond acceptors (Lipinski definition) is 4. The van der Waals surface area contributed by atoms with Crippen LogP contribution in [-0.4, -0.2) is 41.3 Å². The van der Waals surface area contributed by atoms with Crippen molar-refractivity contribution < 1.29 is 9.84 Å². The smallest absolute Gasteiger partial charge is 0.217 e. The summed E-state index contributed by atoms with van der Waals surface area (Å²) in [6, 6.07) is 4.26. The maximum Gasteiger partial charge on any atom is 0.217 e. The first-order chi connectivity index (χ1) is 8.85. The molecule has 1 aromatic rings. The maximum absolute atomic E-state index is 9.50. The highest BCUT2D eigenvalue weighted by molar-refractivity contribution is 5.25. The first-order valence-corrected chi connectivity index (χ1v) is 6.68. The molecular weight excluding hydrogens is 228 g/mol. The second-order valence-electron chi connectivity index (χ2n) is 4.83. The van der Waals surface area contributed by atoms with Crippen molar-refractivity contribution in [3.05, 3.63) is 23.9 Å². The number of ether oxygens (including phenoxy) is 1. The molecule has 1 N–H and O–H groups in total. The molecule has 0 bridgehead atoms. The summed E-state index contributed by atoms with van der Waals surface area (Å²) in [5.41, 5.74) is 1.10. The molecule has 2 heterocycles. The Labute approximate surface area is 109 Å². The highest BCUT2D eigenvalue weighted by Crippen LogP contribution is 2.22. The fraction of sp³-hybridized carbons (Fsp3) is 0.643. The third kappa shape index (κ3) is 3.21. The van der Waals surface area contributed by atoms with E-state index in [4.69, 9.17) is 4.74 Å². The van der Waals surface area contributed by atoms with Crippen LogP contribution in [0.1, 0.15) is 31.2 Å². The van der Waals surface area contributed by atoms with Gasteiger partial charge in [-0.05, 0) is 25.5 Å². The fourth-order valence-electron chi connectivity index (χ4n) is 2.60. The van der Waals surface area contributed by atoms with Gasteiger partial charge in [-0.1, -0.05) is 18.9 Å². The second-order valence-corrected chi connectivity index (χ2v) is 4.83. The van der Waals surface area contributed by atoms with E-state index in [1.807, 2.05) is 12.1 Å². The Morgan fingerprint density at radius 1 is 1.44 bits per heavy atom. The third-order valence-electron chi connectivity index (χ3n) is 3.63. The molecule has 1 aromatic heterocycles. The van der Waals surface area contributed by atoms with Crippen molar-refractivity contribution in [3.63, 3.8) is 0 Å². The zero-order valence-electron chi connectivity index (χ0n) is 11.0.